The molecule has 0 saturated heterocycles. The standard InChI is InChI=1S/C12H10N4O3S/c17-9(18)5-7-10(19)15-11(13-7)16-12-14-6-3-1-2-4-8(6)20-12/h1-4,7H,5H2,(H,17,18)(H2,13,14,15,16,19). The van der Waals surface area contributed by atoms with E-state index in [1.165, 1.54) is 11.3 Å². The molecule has 7 nitrogen and oxygen atoms in total. The van der Waals surface area contributed by atoms with Crippen molar-refractivity contribution in [1.82, 2.24) is 10.3 Å². The van der Waals surface area contributed by atoms with Crippen molar-refractivity contribution in [3.8, 4) is 0 Å². The van der Waals surface area contributed by atoms with Crippen LogP contribution in [0.5, 0.6) is 0 Å². The third-order valence-electron chi connectivity index (χ3n) is 2.72. The van der Waals surface area contributed by atoms with Gasteiger partial charge in [-0.05, 0) is 12.1 Å². The molecule has 1 atom stereocenters. The molecule has 1 unspecified atom stereocenters. The van der Waals surface area contributed by atoms with Gasteiger partial charge in [-0.25, -0.2) is 9.98 Å². The molecule has 0 fully saturated rings. The topological polar surface area (TPSA) is 104 Å². The van der Waals surface area contributed by atoms with Gasteiger partial charge in [0.05, 0.1) is 16.6 Å². The van der Waals surface area contributed by atoms with Crippen LogP contribution in [0.4, 0.5) is 5.13 Å². The summed E-state index contributed by atoms with van der Waals surface area (Å²) < 4.78 is 1.02. The number of guanidine groups is 1. The average Bonchev–Trinajstić information content (AvgIpc) is 2.92. The predicted molar refractivity (Wildman–Crippen MR) is 74.9 cm³/mol. The van der Waals surface area contributed by atoms with Gasteiger partial charge in [0.1, 0.15) is 6.04 Å². The molecule has 0 aliphatic carbocycles. The number of carbonyl (C=O) groups is 2. The third kappa shape index (κ3) is 2.45. The van der Waals surface area contributed by atoms with Gasteiger partial charge in [0.2, 0.25) is 5.96 Å². The summed E-state index contributed by atoms with van der Waals surface area (Å²) in [5.41, 5.74) is 0.854. The zero-order valence-electron chi connectivity index (χ0n) is 10.2. The first kappa shape index (κ1) is 12.5. The summed E-state index contributed by atoms with van der Waals surface area (Å²) in [6, 6.07) is 6.76. The second-order valence-electron chi connectivity index (χ2n) is 4.19. The van der Waals surface area contributed by atoms with Crippen LogP contribution in [0.1, 0.15) is 6.42 Å². The number of hydrogen-bond acceptors (Lipinski definition) is 6. The van der Waals surface area contributed by atoms with Crippen molar-refractivity contribution < 1.29 is 14.7 Å². The van der Waals surface area contributed by atoms with E-state index in [1.54, 1.807) is 0 Å². The summed E-state index contributed by atoms with van der Waals surface area (Å²) in [6.45, 7) is 0. The van der Waals surface area contributed by atoms with Crippen LogP contribution < -0.4 is 10.6 Å². The van der Waals surface area contributed by atoms with E-state index in [0.29, 0.717) is 5.13 Å². The maximum atomic E-state index is 11.5. The molecule has 0 radical (unpaired) electrons. The molecule has 8 heteroatoms. The number of nitrogens with zero attached hydrogens (tertiary/aromatic N) is 2. The highest BCUT2D eigenvalue weighted by atomic mass is 32.1. The molecule has 1 amide bonds. The van der Waals surface area contributed by atoms with Crippen molar-refractivity contribution in [3.05, 3.63) is 24.3 Å². The minimum absolute atomic E-state index is 0.236. The monoisotopic (exact) mass is 290 g/mol. The van der Waals surface area contributed by atoms with Gasteiger partial charge in [0, 0.05) is 0 Å². The summed E-state index contributed by atoms with van der Waals surface area (Å²) in [7, 11) is 0. The molecule has 1 aliphatic heterocycles. The Hall–Kier alpha value is -2.48. The van der Waals surface area contributed by atoms with Gasteiger partial charge in [0.25, 0.3) is 5.91 Å². The molecule has 1 aromatic carbocycles. The van der Waals surface area contributed by atoms with Crippen molar-refractivity contribution in [3.63, 3.8) is 0 Å². The number of anilines is 1. The van der Waals surface area contributed by atoms with E-state index in [4.69, 9.17) is 5.11 Å². The molecule has 1 aliphatic rings. The minimum atomic E-state index is -1.06. The lowest BCUT2D eigenvalue weighted by atomic mass is 10.2. The number of rotatable bonds is 3. The molecular formula is C12H10N4O3S. The molecule has 102 valence electrons. The maximum absolute atomic E-state index is 11.5. The first-order valence-corrected chi connectivity index (χ1v) is 6.66. The van der Waals surface area contributed by atoms with E-state index in [0.717, 1.165) is 10.2 Å². The highest BCUT2D eigenvalue weighted by molar-refractivity contribution is 7.22. The Bertz CT molecular complexity index is 691. The zero-order valence-corrected chi connectivity index (χ0v) is 11.0. The van der Waals surface area contributed by atoms with Crippen molar-refractivity contribution in [2.45, 2.75) is 12.5 Å². The van der Waals surface area contributed by atoms with E-state index in [1.807, 2.05) is 24.3 Å². The number of carboxylic acids is 1. The summed E-state index contributed by atoms with van der Waals surface area (Å²) in [6.07, 6.45) is -0.323. The van der Waals surface area contributed by atoms with Crippen molar-refractivity contribution in [1.29, 1.82) is 0 Å². The first-order chi connectivity index (χ1) is 9.61. The van der Waals surface area contributed by atoms with Gasteiger partial charge in [-0.1, -0.05) is 23.5 Å². The van der Waals surface area contributed by atoms with Crippen LogP contribution in [0.3, 0.4) is 0 Å². The summed E-state index contributed by atoms with van der Waals surface area (Å²) in [5.74, 6) is -1.24. The lowest BCUT2D eigenvalue weighted by Crippen LogP contribution is -2.33. The van der Waals surface area contributed by atoms with Gasteiger partial charge in [-0.3, -0.25) is 14.9 Å². The number of fused-ring (bicyclic) bond motifs is 1. The number of amides is 1. The Kier molecular flexibility index (Phi) is 3.07. The van der Waals surface area contributed by atoms with Crippen LogP contribution in [0.15, 0.2) is 29.3 Å². The molecule has 2 heterocycles. The fraction of sp³-hybridized carbons (Fsp3) is 0.167. The van der Waals surface area contributed by atoms with Crippen LogP contribution in [-0.2, 0) is 9.59 Å². The Morgan fingerprint density at radius 2 is 2.25 bits per heavy atom. The van der Waals surface area contributed by atoms with Gasteiger partial charge in [-0.2, -0.15) is 0 Å². The highest BCUT2D eigenvalue weighted by Crippen LogP contribution is 2.25. The number of aliphatic carboxylic acids is 1. The molecular weight excluding hydrogens is 280 g/mol. The van der Waals surface area contributed by atoms with E-state index in [2.05, 4.69) is 20.6 Å². The van der Waals surface area contributed by atoms with Crippen LogP contribution >= 0.6 is 11.3 Å². The fourth-order valence-electron chi connectivity index (χ4n) is 1.84. The third-order valence-corrected chi connectivity index (χ3v) is 3.67. The predicted octanol–water partition coefficient (Wildman–Crippen LogP) is 1.04. The van der Waals surface area contributed by atoms with E-state index in [9.17, 15) is 9.59 Å². The van der Waals surface area contributed by atoms with Gasteiger partial charge in [0.15, 0.2) is 5.13 Å². The number of benzene rings is 1. The average molecular weight is 290 g/mol. The van der Waals surface area contributed by atoms with Crippen LogP contribution in [0.2, 0.25) is 0 Å². The molecule has 0 bridgehead atoms. The molecule has 2 aromatic rings. The number of para-hydroxylation sites is 1. The second kappa shape index (κ2) is 4.89. The Labute approximate surface area is 117 Å². The molecule has 3 N–H and O–H groups in total. The molecule has 1 aromatic heterocycles. The van der Waals surface area contributed by atoms with E-state index >= 15 is 0 Å². The van der Waals surface area contributed by atoms with E-state index in [-0.39, 0.29) is 12.4 Å². The zero-order chi connectivity index (χ0) is 14.1. The quantitative estimate of drug-likeness (QED) is 0.783. The Morgan fingerprint density at radius 3 is 3.00 bits per heavy atom. The summed E-state index contributed by atoms with van der Waals surface area (Å²) in [4.78, 5) is 30.5. The number of aliphatic imine (C=N–C) groups is 1. The second-order valence-corrected chi connectivity index (χ2v) is 5.22. The molecule has 0 spiro atoms. The van der Waals surface area contributed by atoms with Gasteiger partial charge >= 0.3 is 5.97 Å². The van der Waals surface area contributed by atoms with Gasteiger partial charge < -0.3 is 10.4 Å². The fourth-order valence-corrected chi connectivity index (χ4v) is 2.71. The van der Waals surface area contributed by atoms with Crippen molar-refractivity contribution in [2.75, 3.05) is 5.32 Å². The number of nitrogens with one attached hydrogen (secondary N) is 2. The van der Waals surface area contributed by atoms with Crippen LogP contribution in [0, 0.1) is 0 Å². The van der Waals surface area contributed by atoms with Crippen molar-refractivity contribution >= 4 is 44.5 Å². The molecule has 3 rings (SSSR count). The number of aromatic nitrogens is 1. The SMILES string of the molecule is O=C(O)CC1N=C(Nc2nc3ccccc3s2)NC1=O. The largest absolute Gasteiger partial charge is 0.481 e. The van der Waals surface area contributed by atoms with Crippen LogP contribution in [-0.4, -0.2) is 34.0 Å². The first-order valence-electron chi connectivity index (χ1n) is 5.85. The summed E-state index contributed by atoms with van der Waals surface area (Å²) in [5, 5.41) is 14.7. The Balaban J connectivity index is 1.77. The smallest absolute Gasteiger partial charge is 0.306 e. The number of carboxylic acid groups (broad SMARTS) is 1. The molecule has 20 heavy (non-hydrogen) atoms. The molecule has 0 saturated carbocycles. The maximum Gasteiger partial charge on any atom is 0.306 e. The van der Waals surface area contributed by atoms with E-state index < -0.39 is 17.9 Å². The number of hydrogen-bond donors (Lipinski definition) is 3. The minimum Gasteiger partial charge on any atom is -0.481 e. The Morgan fingerprint density at radius 1 is 1.45 bits per heavy atom. The number of thiazole rings is 1. The lowest BCUT2D eigenvalue weighted by molar-refractivity contribution is -0.139. The van der Waals surface area contributed by atoms with Crippen LogP contribution in [0.25, 0.3) is 10.2 Å². The van der Waals surface area contributed by atoms with Gasteiger partial charge in [-0.15, -0.1) is 0 Å². The highest BCUT2D eigenvalue weighted by Gasteiger charge is 2.28. The van der Waals surface area contributed by atoms with Crippen molar-refractivity contribution in [2.24, 2.45) is 4.99 Å². The number of carbonyl (C=O) groups excluding carboxylic acids is 1. The normalized spacial score (nSPS) is 17.9. The lowest BCUT2D eigenvalue weighted by Gasteiger charge is -1.99. The summed E-state index contributed by atoms with van der Waals surface area (Å²) >= 11 is 1.43.